The van der Waals surface area contributed by atoms with Gasteiger partial charge in [-0.1, -0.05) is 20.8 Å². The average Bonchev–Trinajstić information content (AvgIpc) is 2.10. The third kappa shape index (κ3) is 10.2. The van der Waals surface area contributed by atoms with E-state index in [2.05, 4.69) is 13.8 Å². The van der Waals surface area contributed by atoms with Gasteiger partial charge in [-0.05, 0) is 11.8 Å². The van der Waals surface area contributed by atoms with Crippen molar-refractivity contribution in [3.05, 3.63) is 0 Å². The number of ether oxygens (including phenoxy) is 1. The van der Waals surface area contributed by atoms with Crippen LogP contribution in [0.1, 0.15) is 33.6 Å². The van der Waals surface area contributed by atoms with Gasteiger partial charge >= 0.3 is 41.5 Å². The Balaban J connectivity index is 0. The van der Waals surface area contributed by atoms with E-state index >= 15 is 0 Å². The fourth-order valence-electron chi connectivity index (χ4n) is 0.698. The molecule has 4 nitrogen and oxygen atoms in total. The van der Waals surface area contributed by atoms with Crippen LogP contribution in [0, 0.1) is 11.8 Å². The van der Waals surface area contributed by atoms with Crippen LogP contribution in [-0.2, 0) is 14.3 Å². The van der Waals surface area contributed by atoms with Gasteiger partial charge < -0.3 is 9.84 Å². The maximum absolute atomic E-state index is 11.0. The Morgan fingerprint density at radius 3 is 2.13 bits per heavy atom. The van der Waals surface area contributed by atoms with Crippen molar-refractivity contribution in [1.29, 1.82) is 0 Å². The van der Waals surface area contributed by atoms with Gasteiger partial charge in [0.1, 0.15) is 0 Å². The molecule has 0 aliphatic carbocycles. The number of carbonyl (C=O) groups excluding carboxylic acids is 1. The first-order valence-corrected chi connectivity index (χ1v) is 4.81. The van der Waals surface area contributed by atoms with Crippen molar-refractivity contribution >= 4 is 41.5 Å². The molecule has 0 bridgehead atoms. The van der Waals surface area contributed by atoms with Crippen LogP contribution >= 0.6 is 0 Å². The Bertz CT molecular complexity index is 204. The molecule has 0 amide bonds. The number of carboxylic acid groups (broad SMARTS) is 1. The van der Waals surface area contributed by atoms with Crippen molar-refractivity contribution in [2.24, 2.45) is 11.8 Å². The molecular formula is C10H19NaO4. The molecule has 1 N–H and O–H groups in total. The van der Waals surface area contributed by atoms with E-state index in [1.807, 2.05) is 6.92 Å². The molecule has 0 rings (SSSR count). The van der Waals surface area contributed by atoms with Gasteiger partial charge in [0.2, 0.25) is 0 Å². The van der Waals surface area contributed by atoms with Gasteiger partial charge in [0.05, 0.1) is 19.4 Å². The van der Waals surface area contributed by atoms with E-state index in [-0.39, 0.29) is 42.4 Å². The molecule has 0 heterocycles. The molecular weight excluding hydrogens is 207 g/mol. The van der Waals surface area contributed by atoms with Gasteiger partial charge in [0.15, 0.2) is 0 Å². The number of carbonyl (C=O) groups is 2. The first-order valence-electron chi connectivity index (χ1n) is 4.81. The summed E-state index contributed by atoms with van der Waals surface area (Å²) >= 11 is 0. The van der Waals surface area contributed by atoms with Crippen LogP contribution in [0.15, 0.2) is 0 Å². The van der Waals surface area contributed by atoms with Crippen LogP contribution in [-0.4, -0.2) is 53.2 Å². The number of aliphatic carboxylic acids is 1. The van der Waals surface area contributed by atoms with Crippen LogP contribution in [0.3, 0.4) is 0 Å². The van der Waals surface area contributed by atoms with Gasteiger partial charge in [-0.3, -0.25) is 9.59 Å². The summed E-state index contributed by atoms with van der Waals surface area (Å²) in [6, 6.07) is 0. The van der Waals surface area contributed by atoms with Crippen LogP contribution in [0.25, 0.3) is 0 Å². The van der Waals surface area contributed by atoms with E-state index in [1.54, 1.807) is 0 Å². The molecule has 0 aromatic heterocycles. The third-order valence-corrected chi connectivity index (χ3v) is 2.19. The summed E-state index contributed by atoms with van der Waals surface area (Å²) in [7, 11) is 0. The third-order valence-electron chi connectivity index (χ3n) is 2.19. The van der Waals surface area contributed by atoms with E-state index in [9.17, 15) is 9.59 Å². The molecule has 0 fully saturated rings. The molecule has 0 aromatic rings. The van der Waals surface area contributed by atoms with E-state index < -0.39 is 11.9 Å². The molecule has 0 spiro atoms. The molecule has 1 atom stereocenters. The predicted molar refractivity (Wildman–Crippen MR) is 59.0 cm³/mol. The van der Waals surface area contributed by atoms with Crippen molar-refractivity contribution in [3.8, 4) is 0 Å². The Morgan fingerprint density at radius 1 is 1.20 bits per heavy atom. The number of hydrogen-bond donors (Lipinski definition) is 1. The zero-order chi connectivity index (χ0) is 11.1. The van der Waals surface area contributed by atoms with Gasteiger partial charge in [-0.15, -0.1) is 0 Å². The monoisotopic (exact) mass is 226 g/mol. The van der Waals surface area contributed by atoms with Crippen LogP contribution < -0.4 is 0 Å². The second-order valence-corrected chi connectivity index (χ2v) is 3.80. The average molecular weight is 226 g/mol. The van der Waals surface area contributed by atoms with Crippen molar-refractivity contribution in [2.75, 3.05) is 6.61 Å². The van der Waals surface area contributed by atoms with Gasteiger partial charge in [-0.25, -0.2) is 0 Å². The van der Waals surface area contributed by atoms with E-state index in [1.165, 1.54) is 0 Å². The Labute approximate surface area is 113 Å². The first kappa shape index (κ1) is 17.3. The fourth-order valence-corrected chi connectivity index (χ4v) is 0.698. The molecule has 1 unspecified atom stereocenters. The molecule has 0 aromatic carbocycles. The molecule has 5 heteroatoms. The Morgan fingerprint density at radius 2 is 1.73 bits per heavy atom. The van der Waals surface area contributed by atoms with Gasteiger partial charge in [-0.2, -0.15) is 0 Å². The number of rotatable bonds is 6. The normalized spacial score (nSPS) is 11.7. The SMILES string of the molecule is CC(C)C(C)COC(=O)CCC(=O)O.[NaH]. The van der Waals surface area contributed by atoms with Crippen molar-refractivity contribution < 1.29 is 19.4 Å². The second kappa shape index (κ2) is 9.19. The van der Waals surface area contributed by atoms with Crippen molar-refractivity contribution in [2.45, 2.75) is 33.6 Å². The van der Waals surface area contributed by atoms with E-state index in [4.69, 9.17) is 9.84 Å². The first-order chi connectivity index (χ1) is 6.43. The van der Waals surface area contributed by atoms with Crippen LogP contribution in [0.2, 0.25) is 0 Å². The summed E-state index contributed by atoms with van der Waals surface area (Å²) < 4.78 is 4.91. The van der Waals surface area contributed by atoms with Crippen molar-refractivity contribution in [3.63, 3.8) is 0 Å². The van der Waals surface area contributed by atoms with Crippen molar-refractivity contribution in [1.82, 2.24) is 0 Å². The minimum atomic E-state index is -0.973. The maximum atomic E-state index is 11.0. The van der Waals surface area contributed by atoms with Crippen LogP contribution in [0.5, 0.6) is 0 Å². The van der Waals surface area contributed by atoms with Gasteiger partial charge in [0.25, 0.3) is 0 Å². The summed E-state index contributed by atoms with van der Waals surface area (Å²) in [5.41, 5.74) is 0. The zero-order valence-electron chi connectivity index (χ0n) is 8.95. The molecule has 0 aliphatic heterocycles. The molecule has 0 aliphatic rings. The summed E-state index contributed by atoms with van der Waals surface area (Å²) in [5, 5.41) is 8.32. The number of carboxylic acids is 1. The van der Waals surface area contributed by atoms with E-state index in [0.717, 1.165) is 0 Å². The van der Waals surface area contributed by atoms with Gasteiger partial charge in [0, 0.05) is 0 Å². The molecule has 0 saturated carbocycles. The summed E-state index contributed by atoms with van der Waals surface area (Å²) in [6.07, 6.45) is -0.199. The zero-order valence-corrected chi connectivity index (χ0v) is 8.95. The Kier molecular flexibility index (Phi) is 10.6. The molecule has 0 saturated heterocycles. The number of hydrogen-bond acceptors (Lipinski definition) is 3. The Hall–Kier alpha value is -0.0600. The minimum absolute atomic E-state index is 0. The topological polar surface area (TPSA) is 63.6 Å². The summed E-state index contributed by atoms with van der Waals surface area (Å²) in [5.74, 6) is -0.634. The van der Waals surface area contributed by atoms with Crippen LogP contribution in [0.4, 0.5) is 0 Å². The summed E-state index contributed by atoms with van der Waals surface area (Å²) in [4.78, 5) is 21.1. The standard InChI is InChI=1S/C10H18O4.Na.H/c1-7(2)8(3)6-14-10(13)5-4-9(11)12;;/h7-8H,4-6H2,1-3H3,(H,11,12);;. The van der Waals surface area contributed by atoms with E-state index in [0.29, 0.717) is 18.4 Å². The molecule has 84 valence electrons. The fraction of sp³-hybridized carbons (Fsp3) is 0.800. The predicted octanol–water partition coefficient (Wildman–Crippen LogP) is 1.04. The second-order valence-electron chi connectivity index (χ2n) is 3.80. The summed E-state index contributed by atoms with van der Waals surface area (Å²) in [6.45, 7) is 6.47. The number of esters is 1. The molecule has 0 radical (unpaired) electrons. The quantitative estimate of drug-likeness (QED) is 0.543. The molecule has 15 heavy (non-hydrogen) atoms.